The Balaban J connectivity index is 1.85. The van der Waals surface area contributed by atoms with Crippen molar-refractivity contribution in [2.24, 2.45) is 0 Å². The summed E-state index contributed by atoms with van der Waals surface area (Å²) < 4.78 is 5.85. The van der Waals surface area contributed by atoms with Crippen molar-refractivity contribution in [1.29, 1.82) is 0 Å². The van der Waals surface area contributed by atoms with Gasteiger partial charge in [-0.15, -0.1) is 0 Å². The van der Waals surface area contributed by atoms with Crippen LogP contribution in [0.25, 0.3) is 0 Å². The summed E-state index contributed by atoms with van der Waals surface area (Å²) in [6, 6.07) is 11.7. The highest BCUT2D eigenvalue weighted by molar-refractivity contribution is 6.30. The fourth-order valence-corrected chi connectivity index (χ4v) is 4.23. The number of anilines is 1. The monoisotopic (exact) mass is 385 g/mol. The molecule has 1 aliphatic carbocycles. The SMILES string of the molecule is CCCOc1c(C)cc(NC(=O)C2(c3ccc(Cl)cc3)CCCC2)cc1C. The first kappa shape index (κ1) is 19.8. The average molecular weight is 386 g/mol. The molecule has 1 amide bonds. The number of carbonyl (C=O) groups excluding carboxylic acids is 1. The van der Waals surface area contributed by atoms with Crippen LogP contribution in [0.5, 0.6) is 5.75 Å². The van der Waals surface area contributed by atoms with Crippen LogP contribution in [0.2, 0.25) is 5.02 Å². The number of amides is 1. The fourth-order valence-electron chi connectivity index (χ4n) is 4.10. The molecule has 0 unspecified atom stereocenters. The van der Waals surface area contributed by atoms with Crippen LogP contribution >= 0.6 is 11.6 Å². The molecule has 2 aromatic carbocycles. The van der Waals surface area contributed by atoms with Gasteiger partial charge in [0.05, 0.1) is 12.0 Å². The quantitative estimate of drug-likeness (QED) is 0.643. The topological polar surface area (TPSA) is 38.3 Å². The van der Waals surface area contributed by atoms with Gasteiger partial charge in [0.25, 0.3) is 0 Å². The molecule has 0 aliphatic heterocycles. The fraction of sp³-hybridized carbons (Fsp3) is 0.435. The lowest BCUT2D eigenvalue weighted by molar-refractivity contribution is -0.121. The second-order valence-electron chi connectivity index (χ2n) is 7.54. The smallest absolute Gasteiger partial charge is 0.235 e. The van der Waals surface area contributed by atoms with E-state index in [1.807, 2.05) is 50.2 Å². The largest absolute Gasteiger partial charge is 0.493 e. The Bertz CT molecular complexity index is 785. The van der Waals surface area contributed by atoms with Gasteiger partial charge in [0.2, 0.25) is 5.91 Å². The Hall–Kier alpha value is -2.00. The third-order valence-electron chi connectivity index (χ3n) is 5.46. The Morgan fingerprint density at radius 3 is 2.26 bits per heavy atom. The zero-order valence-corrected chi connectivity index (χ0v) is 17.2. The normalized spacial score (nSPS) is 15.6. The maximum absolute atomic E-state index is 13.3. The molecule has 2 aromatic rings. The van der Waals surface area contributed by atoms with Crippen LogP contribution in [-0.4, -0.2) is 12.5 Å². The molecule has 0 spiro atoms. The zero-order valence-electron chi connectivity index (χ0n) is 16.4. The summed E-state index contributed by atoms with van der Waals surface area (Å²) in [5.74, 6) is 0.992. The van der Waals surface area contributed by atoms with Gasteiger partial charge in [0, 0.05) is 10.7 Å². The molecule has 4 heteroatoms. The molecule has 0 atom stereocenters. The molecule has 1 N–H and O–H groups in total. The summed E-state index contributed by atoms with van der Waals surface area (Å²) in [5.41, 5.74) is 3.51. The van der Waals surface area contributed by atoms with Crippen molar-refractivity contribution in [2.75, 3.05) is 11.9 Å². The first-order valence-corrected chi connectivity index (χ1v) is 10.2. The second-order valence-corrected chi connectivity index (χ2v) is 7.97. The second kappa shape index (κ2) is 8.35. The van der Waals surface area contributed by atoms with E-state index in [1.54, 1.807) is 0 Å². The van der Waals surface area contributed by atoms with E-state index in [9.17, 15) is 4.79 Å². The Morgan fingerprint density at radius 1 is 1.11 bits per heavy atom. The van der Waals surface area contributed by atoms with Crippen molar-refractivity contribution in [3.05, 3.63) is 58.1 Å². The number of rotatable bonds is 6. The number of benzene rings is 2. The van der Waals surface area contributed by atoms with Crippen molar-refractivity contribution in [3.63, 3.8) is 0 Å². The van der Waals surface area contributed by atoms with Crippen LogP contribution in [-0.2, 0) is 10.2 Å². The molecular weight excluding hydrogens is 358 g/mol. The zero-order chi connectivity index (χ0) is 19.4. The Labute approximate surface area is 167 Å². The highest BCUT2D eigenvalue weighted by Gasteiger charge is 2.42. The van der Waals surface area contributed by atoms with Crippen LogP contribution < -0.4 is 10.1 Å². The molecule has 0 bridgehead atoms. The number of hydrogen-bond acceptors (Lipinski definition) is 2. The van der Waals surface area contributed by atoms with E-state index < -0.39 is 5.41 Å². The van der Waals surface area contributed by atoms with Crippen LogP contribution in [0, 0.1) is 13.8 Å². The van der Waals surface area contributed by atoms with Crippen molar-refractivity contribution in [1.82, 2.24) is 0 Å². The van der Waals surface area contributed by atoms with E-state index in [4.69, 9.17) is 16.3 Å². The molecule has 27 heavy (non-hydrogen) atoms. The number of aryl methyl sites for hydroxylation is 2. The molecular formula is C23H28ClNO2. The molecule has 144 valence electrons. The Kier molecular flexibility index (Phi) is 6.11. The molecule has 0 radical (unpaired) electrons. The number of carbonyl (C=O) groups is 1. The van der Waals surface area contributed by atoms with Crippen LogP contribution in [0.3, 0.4) is 0 Å². The summed E-state index contributed by atoms with van der Waals surface area (Å²) in [5, 5.41) is 3.87. The predicted octanol–water partition coefficient (Wildman–Crippen LogP) is 6.20. The van der Waals surface area contributed by atoms with E-state index in [0.717, 1.165) is 60.2 Å². The first-order chi connectivity index (χ1) is 13.0. The summed E-state index contributed by atoms with van der Waals surface area (Å²) in [4.78, 5) is 13.3. The van der Waals surface area contributed by atoms with Crippen molar-refractivity contribution >= 4 is 23.2 Å². The molecule has 1 fully saturated rings. The van der Waals surface area contributed by atoms with Gasteiger partial charge in [-0.05, 0) is 74.1 Å². The van der Waals surface area contributed by atoms with Gasteiger partial charge in [-0.1, -0.05) is 43.5 Å². The lowest BCUT2D eigenvalue weighted by atomic mass is 9.78. The van der Waals surface area contributed by atoms with Gasteiger partial charge in [-0.25, -0.2) is 0 Å². The average Bonchev–Trinajstić information content (AvgIpc) is 3.13. The summed E-state index contributed by atoms with van der Waals surface area (Å²) >= 11 is 6.05. The third kappa shape index (κ3) is 4.14. The molecule has 3 rings (SSSR count). The standard InChI is InChI=1S/C23H28ClNO2/c1-4-13-27-21-16(2)14-20(15-17(21)3)25-22(26)23(11-5-6-12-23)18-7-9-19(24)10-8-18/h7-10,14-15H,4-6,11-13H2,1-3H3,(H,25,26). The molecule has 1 saturated carbocycles. The van der Waals surface area contributed by atoms with E-state index in [-0.39, 0.29) is 5.91 Å². The number of hydrogen-bond donors (Lipinski definition) is 1. The first-order valence-electron chi connectivity index (χ1n) is 9.78. The highest BCUT2D eigenvalue weighted by atomic mass is 35.5. The Morgan fingerprint density at radius 2 is 1.70 bits per heavy atom. The molecule has 0 saturated heterocycles. The van der Waals surface area contributed by atoms with E-state index in [1.165, 1.54) is 0 Å². The minimum atomic E-state index is -0.468. The molecule has 0 heterocycles. The van der Waals surface area contributed by atoms with E-state index >= 15 is 0 Å². The molecule has 0 aromatic heterocycles. The lowest BCUT2D eigenvalue weighted by Gasteiger charge is -2.28. The number of nitrogens with one attached hydrogen (secondary N) is 1. The molecule has 1 aliphatic rings. The van der Waals surface area contributed by atoms with Gasteiger partial charge in [-0.2, -0.15) is 0 Å². The van der Waals surface area contributed by atoms with Gasteiger partial charge < -0.3 is 10.1 Å². The minimum Gasteiger partial charge on any atom is -0.493 e. The van der Waals surface area contributed by atoms with Crippen LogP contribution in [0.4, 0.5) is 5.69 Å². The van der Waals surface area contributed by atoms with Crippen LogP contribution in [0.15, 0.2) is 36.4 Å². The predicted molar refractivity (Wildman–Crippen MR) is 112 cm³/mol. The van der Waals surface area contributed by atoms with Crippen molar-refractivity contribution < 1.29 is 9.53 Å². The maximum Gasteiger partial charge on any atom is 0.235 e. The maximum atomic E-state index is 13.3. The van der Waals surface area contributed by atoms with Crippen molar-refractivity contribution in [2.45, 2.75) is 58.3 Å². The minimum absolute atomic E-state index is 0.0725. The van der Waals surface area contributed by atoms with Crippen LogP contribution in [0.1, 0.15) is 55.7 Å². The number of ether oxygens (including phenoxy) is 1. The van der Waals surface area contributed by atoms with E-state index in [0.29, 0.717) is 11.6 Å². The highest BCUT2D eigenvalue weighted by Crippen LogP contribution is 2.42. The lowest BCUT2D eigenvalue weighted by Crippen LogP contribution is -2.38. The summed E-state index contributed by atoms with van der Waals surface area (Å²) in [6.45, 7) is 6.85. The summed E-state index contributed by atoms with van der Waals surface area (Å²) in [7, 11) is 0. The number of halogens is 1. The van der Waals surface area contributed by atoms with Gasteiger partial charge in [0.1, 0.15) is 5.75 Å². The third-order valence-corrected chi connectivity index (χ3v) is 5.71. The van der Waals surface area contributed by atoms with Crippen molar-refractivity contribution in [3.8, 4) is 5.75 Å². The van der Waals surface area contributed by atoms with Gasteiger partial charge >= 0.3 is 0 Å². The molecule has 3 nitrogen and oxygen atoms in total. The van der Waals surface area contributed by atoms with Gasteiger partial charge in [0.15, 0.2) is 0 Å². The van der Waals surface area contributed by atoms with E-state index in [2.05, 4.69) is 12.2 Å². The summed E-state index contributed by atoms with van der Waals surface area (Å²) in [6.07, 6.45) is 4.85. The van der Waals surface area contributed by atoms with Gasteiger partial charge in [-0.3, -0.25) is 4.79 Å².